The Hall–Kier alpha value is -1.34. The van der Waals surface area contributed by atoms with Crippen LogP contribution in [0.3, 0.4) is 0 Å². The molecule has 0 aliphatic rings. The first-order valence-electron chi connectivity index (χ1n) is 5.89. The number of thioether (sulfide) groups is 1. The molecule has 0 heterocycles. The molecule has 1 amide bonds. The molecule has 3 nitrogen and oxygen atoms in total. The van der Waals surface area contributed by atoms with Crippen molar-refractivity contribution in [2.75, 3.05) is 6.26 Å². The first kappa shape index (κ1) is 16.7. The fourth-order valence-electron chi connectivity index (χ4n) is 1.55. The molecule has 0 bridgehead atoms. The quantitative estimate of drug-likeness (QED) is 0.370. The highest BCUT2D eigenvalue weighted by Gasteiger charge is 2.14. The van der Waals surface area contributed by atoms with Gasteiger partial charge in [-0.2, -0.15) is 0 Å². The number of nitrogens with one attached hydrogen (secondary N) is 2. The lowest BCUT2D eigenvalue weighted by Crippen LogP contribution is -3.00. The maximum Gasteiger partial charge on any atom is 0.339 e. The van der Waals surface area contributed by atoms with Crippen LogP contribution in [0.2, 0.25) is 0 Å². The summed E-state index contributed by atoms with van der Waals surface area (Å²) in [5.41, 5.74) is 1.59. The van der Waals surface area contributed by atoms with Gasteiger partial charge in [0.25, 0.3) is 0 Å². The van der Waals surface area contributed by atoms with Crippen LogP contribution in [0.25, 0.3) is 0 Å². The lowest BCUT2D eigenvalue weighted by atomic mass is 10.2. The van der Waals surface area contributed by atoms with E-state index in [4.69, 9.17) is 0 Å². The number of carbonyl (C=O) groups excluding carboxylic acids is 1. The number of amidine groups is 1. The highest BCUT2D eigenvalue weighted by Crippen LogP contribution is 2.00. The van der Waals surface area contributed by atoms with E-state index in [2.05, 4.69) is 10.3 Å². The van der Waals surface area contributed by atoms with E-state index in [1.807, 2.05) is 54.8 Å². The maximum absolute atomic E-state index is 12.0. The Kier molecular flexibility index (Phi) is 7.32. The molecule has 0 aromatic heterocycles. The normalized spacial score (nSPS) is 10.6. The van der Waals surface area contributed by atoms with Crippen molar-refractivity contribution in [3.8, 4) is 0 Å². The van der Waals surface area contributed by atoms with Gasteiger partial charge in [-0.05, 0) is 42.3 Å². The summed E-state index contributed by atoms with van der Waals surface area (Å²) in [4.78, 5) is 15.2. The minimum absolute atomic E-state index is 0. The zero-order chi connectivity index (χ0) is 13.5. The number of benzene rings is 2. The molecule has 0 aliphatic carbocycles. The molecule has 2 rings (SSSR count). The summed E-state index contributed by atoms with van der Waals surface area (Å²) in [7, 11) is 0. The van der Waals surface area contributed by atoms with Gasteiger partial charge < -0.3 is 24.0 Å². The Morgan fingerprint density at radius 2 is 1.55 bits per heavy atom. The highest BCUT2D eigenvalue weighted by molar-refractivity contribution is 8.13. The van der Waals surface area contributed by atoms with Gasteiger partial charge in [0.2, 0.25) is 0 Å². The maximum atomic E-state index is 12.0. The summed E-state index contributed by atoms with van der Waals surface area (Å²) < 4.78 is 0. The number of rotatable bonds is 2. The fourth-order valence-corrected chi connectivity index (χ4v) is 1.97. The predicted molar refractivity (Wildman–Crippen MR) is 79.5 cm³/mol. The van der Waals surface area contributed by atoms with Crippen LogP contribution in [0.5, 0.6) is 0 Å². The topological polar surface area (TPSA) is 43.1 Å². The number of hydrogen-bond donors (Lipinski definition) is 2. The Bertz CT molecular complexity index is 573. The second kappa shape index (κ2) is 8.76. The van der Waals surface area contributed by atoms with Gasteiger partial charge >= 0.3 is 11.1 Å². The molecule has 0 aliphatic heterocycles. The van der Waals surface area contributed by atoms with Crippen LogP contribution in [0.15, 0.2) is 60.7 Å². The van der Waals surface area contributed by atoms with Crippen LogP contribution in [-0.2, 0) is 0 Å². The van der Waals surface area contributed by atoms with Crippen molar-refractivity contribution in [2.45, 2.75) is 0 Å². The Balaban J connectivity index is 0.00000200. The largest absolute Gasteiger partial charge is 1.00 e. The average Bonchev–Trinajstić information content (AvgIpc) is 2.48. The van der Waals surface area contributed by atoms with Gasteiger partial charge in [0.05, 0.1) is 5.56 Å². The van der Waals surface area contributed by atoms with Crippen molar-refractivity contribution in [1.82, 2.24) is 5.32 Å². The van der Waals surface area contributed by atoms with Crippen molar-refractivity contribution in [1.29, 1.82) is 0 Å². The molecule has 0 saturated carbocycles. The lowest BCUT2D eigenvalue weighted by molar-refractivity contribution is -0.352. The summed E-state index contributed by atoms with van der Waals surface area (Å²) in [6, 6.07) is 18.9. The van der Waals surface area contributed by atoms with E-state index in [1.54, 1.807) is 12.1 Å². The molecule has 2 N–H and O–H groups in total. The van der Waals surface area contributed by atoms with Gasteiger partial charge in [-0.25, -0.2) is 15.1 Å². The van der Waals surface area contributed by atoms with Crippen LogP contribution >= 0.6 is 11.8 Å². The molecule has 0 fully saturated rings. The van der Waals surface area contributed by atoms with Gasteiger partial charge in [0.15, 0.2) is 0 Å². The molecule has 2 aromatic carbocycles. The summed E-state index contributed by atoms with van der Waals surface area (Å²) >= 11 is 1.46. The zero-order valence-corrected chi connectivity index (χ0v) is 13.9. The summed E-state index contributed by atoms with van der Waals surface area (Å²) in [6.07, 6.45) is 1.91. The first-order chi connectivity index (χ1) is 9.29. The molecule has 0 spiro atoms. The second-order valence-corrected chi connectivity index (χ2v) is 4.66. The van der Waals surface area contributed by atoms with Gasteiger partial charge in [-0.3, -0.25) is 0 Å². The smallest absolute Gasteiger partial charge is 0.339 e. The first-order valence-corrected chi connectivity index (χ1v) is 7.11. The second-order valence-electron chi connectivity index (χ2n) is 3.84. The molecule has 20 heavy (non-hydrogen) atoms. The third kappa shape index (κ3) is 4.97. The minimum atomic E-state index is -0.117. The number of para-hydroxylation sites is 1. The zero-order valence-electron chi connectivity index (χ0n) is 11.0. The number of amides is 1. The van der Waals surface area contributed by atoms with Gasteiger partial charge in [-0.15, -0.1) is 0 Å². The molecular formula is C15H15IN2OS. The molecular weight excluding hydrogens is 383 g/mol. The monoisotopic (exact) mass is 398 g/mol. The minimum Gasteiger partial charge on any atom is -1.00 e. The molecule has 0 saturated heterocycles. The van der Waals surface area contributed by atoms with Crippen molar-refractivity contribution >= 4 is 28.5 Å². The lowest BCUT2D eigenvalue weighted by Gasteiger charge is -1.99. The molecule has 0 atom stereocenters. The Morgan fingerprint density at radius 3 is 2.10 bits per heavy atom. The van der Waals surface area contributed by atoms with Gasteiger partial charge in [0.1, 0.15) is 5.69 Å². The number of halogens is 1. The van der Waals surface area contributed by atoms with E-state index in [-0.39, 0.29) is 29.9 Å². The van der Waals surface area contributed by atoms with Crippen LogP contribution in [-0.4, -0.2) is 17.3 Å². The van der Waals surface area contributed by atoms with E-state index < -0.39 is 0 Å². The van der Waals surface area contributed by atoms with E-state index in [1.165, 1.54) is 11.8 Å². The van der Waals surface area contributed by atoms with Crippen LogP contribution < -0.4 is 34.3 Å². The molecule has 0 unspecified atom stereocenters. The standard InChI is InChI=1S/C15H14N2OS.HI/c1-19-15(16-13-10-6-3-7-11-13)17-14(18)12-8-4-2-5-9-12;/h2-11H,1H3,(H,16,17,18);1H. The third-order valence-electron chi connectivity index (χ3n) is 2.50. The third-order valence-corrected chi connectivity index (χ3v) is 3.11. The van der Waals surface area contributed by atoms with Crippen molar-refractivity contribution in [3.63, 3.8) is 0 Å². The predicted octanol–water partition coefficient (Wildman–Crippen LogP) is -1.45. The van der Waals surface area contributed by atoms with Crippen LogP contribution in [0, 0.1) is 0 Å². The molecule has 104 valence electrons. The van der Waals surface area contributed by atoms with E-state index in [9.17, 15) is 4.79 Å². The van der Waals surface area contributed by atoms with Gasteiger partial charge in [-0.1, -0.05) is 36.4 Å². The van der Waals surface area contributed by atoms with E-state index in [0.29, 0.717) is 10.7 Å². The van der Waals surface area contributed by atoms with Crippen molar-refractivity contribution in [3.05, 3.63) is 66.2 Å². The van der Waals surface area contributed by atoms with E-state index in [0.717, 1.165) is 5.69 Å². The van der Waals surface area contributed by atoms with Crippen LogP contribution in [0.1, 0.15) is 10.4 Å². The van der Waals surface area contributed by atoms with Crippen LogP contribution in [0.4, 0.5) is 5.69 Å². The molecule has 0 radical (unpaired) electrons. The van der Waals surface area contributed by atoms with E-state index >= 15 is 0 Å². The average molecular weight is 398 g/mol. The Morgan fingerprint density at radius 1 is 1.00 bits per heavy atom. The van der Waals surface area contributed by atoms with Crippen molar-refractivity contribution in [2.24, 2.45) is 0 Å². The number of carbonyl (C=O) groups is 1. The summed E-state index contributed by atoms with van der Waals surface area (Å²) in [6.45, 7) is 0. The number of hydrogen-bond acceptors (Lipinski definition) is 2. The SMILES string of the molecule is CSC(NC(=O)c1ccccc1)=[NH+]c1ccccc1.[I-]. The Labute approximate surface area is 139 Å². The summed E-state index contributed by atoms with van der Waals surface area (Å²) in [5.74, 6) is -0.117. The van der Waals surface area contributed by atoms with Gasteiger partial charge in [0, 0.05) is 0 Å². The highest BCUT2D eigenvalue weighted by atomic mass is 127. The molecule has 5 heteroatoms. The fraction of sp³-hybridized carbons (Fsp3) is 0.0667. The summed E-state index contributed by atoms with van der Waals surface area (Å²) in [5, 5.41) is 3.57. The molecule has 2 aromatic rings. The van der Waals surface area contributed by atoms with Crippen molar-refractivity contribution < 1.29 is 33.8 Å².